The average molecular weight is 264 g/mol. The van der Waals surface area contributed by atoms with Crippen molar-refractivity contribution in [2.45, 2.75) is 19.8 Å². The highest BCUT2D eigenvalue weighted by Gasteiger charge is 2.13. The molecule has 2 heterocycles. The topological polar surface area (TPSA) is 54.6 Å². The molecule has 1 aliphatic rings. The van der Waals surface area contributed by atoms with Gasteiger partial charge in [-0.3, -0.25) is 0 Å². The smallest absolute Gasteiger partial charge is 0.239 e. The largest absolute Gasteiger partial charge is 0.476 e. The van der Waals surface area contributed by atoms with E-state index in [0.717, 1.165) is 18.9 Å². The molecule has 1 fully saturated rings. The molecule has 0 unspecified atom stereocenters. The van der Waals surface area contributed by atoms with E-state index in [1.165, 1.54) is 25.9 Å². The van der Waals surface area contributed by atoms with Gasteiger partial charge in [-0.1, -0.05) is 0 Å². The van der Waals surface area contributed by atoms with Crippen LogP contribution in [0.5, 0.6) is 5.88 Å². The van der Waals surface area contributed by atoms with Crippen molar-refractivity contribution in [3.8, 4) is 5.88 Å². The molecule has 2 rings (SSSR count). The van der Waals surface area contributed by atoms with Crippen molar-refractivity contribution in [3.05, 3.63) is 12.1 Å². The summed E-state index contributed by atoms with van der Waals surface area (Å²) in [5, 5.41) is 0. The summed E-state index contributed by atoms with van der Waals surface area (Å²) >= 11 is 0. The number of hydrogen-bond donors (Lipinski definition) is 1. The number of nitrogen functional groups attached to an aromatic ring is 1. The molecule has 0 amide bonds. The Morgan fingerprint density at radius 1 is 1.37 bits per heavy atom. The van der Waals surface area contributed by atoms with Crippen molar-refractivity contribution < 1.29 is 4.74 Å². The summed E-state index contributed by atoms with van der Waals surface area (Å²) in [6.45, 7) is 7.04. The first-order valence-corrected chi connectivity index (χ1v) is 7.03. The quantitative estimate of drug-likeness (QED) is 0.845. The van der Waals surface area contributed by atoms with Crippen LogP contribution >= 0.6 is 0 Å². The van der Waals surface area contributed by atoms with E-state index < -0.39 is 0 Å². The van der Waals surface area contributed by atoms with E-state index in [1.54, 1.807) is 0 Å². The van der Waals surface area contributed by atoms with Gasteiger partial charge in [-0.15, -0.1) is 0 Å². The van der Waals surface area contributed by atoms with Gasteiger partial charge in [-0.2, -0.15) is 4.98 Å². The molecule has 1 aromatic heterocycles. The van der Waals surface area contributed by atoms with Crippen LogP contribution in [0.2, 0.25) is 0 Å². The summed E-state index contributed by atoms with van der Waals surface area (Å²) in [6.07, 6.45) is 2.66. The van der Waals surface area contributed by atoms with E-state index in [-0.39, 0.29) is 0 Å². The first kappa shape index (κ1) is 13.9. The van der Waals surface area contributed by atoms with Crippen LogP contribution in [0.25, 0.3) is 0 Å². The first-order chi connectivity index (χ1) is 9.20. The maximum Gasteiger partial charge on any atom is 0.239 e. The number of likely N-dealkylation sites (N-methyl/N-ethyl adjacent to an activating group) is 1. The molecule has 5 heteroatoms. The van der Waals surface area contributed by atoms with Gasteiger partial charge < -0.3 is 20.3 Å². The van der Waals surface area contributed by atoms with Crippen LogP contribution in [0.4, 0.5) is 11.5 Å². The third-order valence-corrected chi connectivity index (χ3v) is 3.50. The van der Waals surface area contributed by atoms with Crippen molar-refractivity contribution in [2.24, 2.45) is 0 Å². The normalized spacial score (nSPS) is 15.7. The Hall–Kier alpha value is -1.49. The van der Waals surface area contributed by atoms with Gasteiger partial charge >= 0.3 is 0 Å². The summed E-state index contributed by atoms with van der Waals surface area (Å²) in [6, 6.07) is 3.81. The van der Waals surface area contributed by atoms with E-state index in [1.807, 2.05) is 19.1 Å². The van der Waals surface area contributed by atoms with E-state index in [9.17, 15) is 0 Å². The molecule has 0 bridgehead atoms. The number of likely N-dealkylation sites (tertiary alicyclic amines) is 1. The van der Waals surface area contributed by atoms with E-state index in [4.69, 9.17) is 10.5 Å². The van der Waals surface area contributed by atoms with Crippen LogP contribution in [-0.4, -0.2) is 49.7 Å². The lowest BCUT2D eigenvalue weighted by atomic mass is 10.3. The molecule has 1 aliphatic heterocycles. The van der Waals surface area contributed by atoms with Gasteiger partial charge in [0.1, 0.15) is 5.82 Å². The zero-order valence-electron chi connectivity index (χ0n) is 11.9. The number of aromatic nitrogens is 1. The summed E-state index contributed by atoms with van der Waals surface area (Å²) in [4.78, 5) is 9.12. The molecule has 0 radical (unpaired) electrons. The summed E-state index contributed by atoms with van der Waals surface area (Å²) < 4.78 is 5.43. The molecule has 1 saturated heterocycles. The molecule has 19 heavy (non-hydrogen) atoms. The van der Waals surface area contributed by atoms with Crippen LogP contribution < -0.4 is 15.4 Å². The Labute approximate surface area is 115 Å². The Bertz CT molecular complexity index is 404. The molecular weight excluding hydrogens is 240 g/mol. The predicted octanol–water partition coefficient (Wildman–Crippen LogP) is 1.59. The molecule has 0 spiro atoms. The number of pyridine rings is 1. The second-order valence-corrected chi connectivity index (χ2v) is 4.97. The Morgan fingerprint density at radius 3 is 2.79 bits per heavy atom. The van der Waals surface area contributed by atoms with Crippen molar-refractivity contribution in [2.75, 3.05) is 50.5 Å². The average Bonchev–Trinajstić information content (AvgIpc) is 2.92. The molecule has 0 saturated carbocycles. The van der Waals surface area contributed by atoms with Gasteiger partial charge in [0.05, 0.1) is 12.3 Å². The fourth-order valence-electron chi connectivity index (χ4n) is 2.32. The van der Waals surface area contributed by atoms with Gasteiger partial charge in [0.2, 0.25) is 5.88 Å². The van der Waals surface area contributed by atoms with Crippen LogP contribution in [0, 0.1) is 0 Å². The van der Waals surface area contributed by atoms with Crippen molar-refractivity contribution >= 4 is 11.5 Å². The first-order valence-electron chi connectivity index (χ1n) is 7.03. The van der Waals surface area contributed by atoms with Gasteiger partial charge in [-0.05, 0) is 45.0 Å². The summed E-state index contributed by atoms with van der Waals surface area (Å²) in [5.74, 6) is 1.45. The second-order valence-electron chi connectivity index (χ2n) is 4.97. The number of hydrogen-bond acceptors (Lipinski definition) is 5. The zero-order valence-corrected chi connectivity index (χ0v) is 11.9. The second kappa shape index (κ2) is 6.61. The van der Waals surface area contributed by atoms with Gasteiger partial charge in [0, 0.05) is 20.1 Å². The number of rotatable bonds is 6. The molecule has 0 atom stereocenters. The Balaban J connectivity index is 1.93. The third-order valence-electron chi connectivity index (χ3n) is 3.50. The lowest BCUT2D eigenvalue weighted by Gasteiger charge is -2.22. The number of nitrogens with zero attached hydrogens (tertiary/aromatic N) is 3. The van der Waals surface area contributed by atoms with Gasteiger partial charge in [-0.25, -0.2) is 0 Å². The fraction of sp³-hybridized carbons (Fsp3) is 0.643. The molecule has 106 valence electrons. The Morgan fingerprint density at radius 2 is 2.11 bits per heavy atom. The molecule has 2 N–H and O–H groups in total. The minimum absolute atomic E-state index is 0.535. The fourth-order valence-corrected chi connectivity index (χ4v) is 2.32. The van der Waals surface area contributed by atoms with Crippen LogP contribution in [-0.2, 0) is 0 Å². The van der Waals surface area contributed by atoms with Gasteiger partial charge in [0.25, 0.3) is 0 Å². The monoisotopic (exact) mass is 264 g/mol. The minimum atomic E-state index is 0.535. The van der Waals surface area contributed by atoms with Crippen LogP contribution in [0.3, 0.4) is 0 Å². The molecule has 0 aliphatic carbocycles. The summed E-state index contributed by atoms with van der Waals surface area (Å²) in [7, 11) is 2.06. The SMILES string of the molecule is CCOc1nc(N(C)CCN2CCCC2)ccc1N. The maximum atomic E-state index is 5.83. The standard InChI is InChI=1S/C14H24N4O/c1-3-19-14-12(15)6-7-13(16-14)17(2)10-11-18-8-4-5-9-18/h6-7H,3-5,8-11,15H2,1-2H3. The molecule has 5 nitrogen and oxygen atoms in total. The Kier molecular flexibility index (Phi) is 4.85. The number of ether oxygens (including phenoxy) is 1. The minimum Gasteiger partial charge on any atom is -0.476 e. The van der Waals surface area contributed by atoms with Gasteiger partial charge in [0.15, 0.2) is 0 Å². The molecule has 0 aromatic carbocycles. The number of anilines is 2. The van der Waals surface area contributed by atoms with Crippen molar-refractivity contribution in [1.82, 2.24) is 9.88 Å². The predicted molar refractivity (Wildman–Crippen MR) is 78.8 cm³/mol. The highest BCUT2D eigenvalue weighted by Crippen LogP contribution is 2.22. The molecule has 1 aromatic rings. The van der Waals surface area contributed by atoms with Crippen molar-refractivity contribution in [1.29, 1.82) is 0 Å². The van der Waals surface area contributed by atoms with E-state index in [2.05, 4.69) is 21.8 Å². The summed E-state index contributed by atoms with van der Waals surface area (Å²) in [5.41, 5.74) is 6.43. The lowest BCUT2D eigenvalue weighted by molar-refractivity contribution is 0.328. The zero-order chi connectivity index (χ0) is 13.7. The van der Waals surface area contributed by atoms with E-state index in [0.29, 0.717) is 18.2 Å². The van der Waals surface area contributed by atoms with Crippen molar-refractivity contribution in [3.63, 3.8) is 0 Å². The van der Waals surface area contributed by atoms with Crippen LogP contribution in [0.15, 0.2) is 12.1 Å². The van der Waals surface area contributed by atoms with Crippen LogP contribution in [0.1, 0.15) is 19.8 Å². The lowest BCUT2D eigenvalue weighted by Crippen LogP contribution is -2.31. The highest BCUT2D eigenvalue weighted by molar-refractivity contribution is 5.54. The third kappa shape index (κ3) is 3.73. The highest BCUT2D eigenvalue weighted by atomic mass is 16.5. The maximum absolute atomic E-state index is 5.83. The number of nitrogens with two attached hydrogens (primary N) is 1. The van der Waals surface area contributed by atoms with E-state index >= 15 is 0 Å². The molecular formula is C14H24N4O.